The molecular weight excluding hydrogens is 542 g/mol. The van der Waals surface area contributed by atoms with Crippen LogP contribution < -0.4 is 4.74 Å². The van der Waals surface area contributed by atoms with Gasteiger partial charge in [0.2, 0.25) is 0 Å². The van der Waals surface area contributed by atoms with E-state index in [4.69, 9.17) is 19.4 Å². The SMILES string of the molecule is CN(CC(=O)c1ccc(OCC(=O)OCc2ccccc2)cc1)Cc1nc2c(Cc3nc4ccccc4[nH]3)cccc2[nH]1. The molecule has 9 heteroatoms. The van der Waals surface area contributed by atoms with Crippen molar-refractivity contribution < 1.29 is 19.1 Å². The monoisotopic (exact) mass is 573 g/mol. The highest BCUT2D eigenvalue weighted by Crippen LogP contribution is 2.21. The Kier molecular flexibility index (Phi) is 8.24. The molecule has 0 saturated carbocycles. The van der Waals surface area contributed by atoms with E-state index in [0.717, 1.165) is 44.8 Å². The molecular formula is C34H31N5O4. The third-order valence-electron chi connectivity index (χ3n) is 7.05. The first-order chi connectivity index (χ1) is 21.0. The van der Waals surface area contributed by atoms with Crippen molar-refractivity contribution in [2.75, 3.05) is 20.2 Å². The van der Waals surface area contributed by atoms with Crippen molar-refractivity contribution in [1.29, 1.82) is 0 Å². The summed E-state index contributed by atoms with van der Waals surface area (Å²) in [5, 5.41) is 0. The van der Waals surface area contributed by atoms with Crippen LogP contribution in [0.1, 0.15) is 33.1 Å². The van der Waals surface area contributed by atoms with E-state index in [0.29, 0.717) is 24.3 Å². The van der Waals surface area contributed by atoms with Gasteiger partial charge in [-0.3, -0.25) is 9.69 Å². The molecule has 4 aromatic carbocycles. The number of fused-ring (bicyclic) bond motifs is 2. The number of esters is 1. The first-order valence-electron chi connectivity index (χ1n) is 14.0. The summed E-state index contributed by atoms with van der Waals surface area (Å²) < 4.78 is 10.8. The highest BCUT2D eigenvalue weighted by molar-refractivity contribution is 5.97. The van der Waals surface area contributed by atoms with Gasteiger partial charge < -0.3 is 19.4 Å². The standard InChI is InChI=1S/C34H31N5O4/c1-39(19-30(40)24-14-16-26(17-15-24)42-22-33(41)43-21-23-8-3-2-4-9-23)20-32-37-29-13-7-10-25(34(29)38-32)18-31-35-27-11-5-6-12-28(27)36-31/h2-17H,18-22H2,1H3,(H,35,36)(H,37,38). The van der Waals surface area contributed by atoms with E-state index < -0.39 is 5.97 Å². The summed E-state index contributed by atoms with van der Waals surface area (Å²) in [6.07, 6.45) is 0.638. The van der Waals surface area contributed by atoms with Crippen molar-refractivity contribution >= 4 is 33.8 Å². The number of nitrogens with zero attached hydrogens (tertiary/aromatic N) is 3. The number of ether oxygens (including phenoxy) is 2. The average Bonchev–Trinajstić information content (AvgIpc) is 3.63. The number of H-pyrrole nitrogens is 2. The van der Waals surface area contributed by atoms with E-state index in [9.17, 15) is 9.59 Å². The molecule has 0 atom stereocenters. The molecule has 2 N–H and O–H groups in total. The predicted molar refractivity (Wildman–Crippen MR) is 164 cm³/mol. The first kappa shape index (κ1) is 27.9. The molecule has 43 heavy (non-hydrogen) atoms. The fourth-order valence-corrected chi connectivity index (χ4v) is 4.94. The van der Waals surface area contributed by atoms with Gasteiger partial charge >= 0.3 is 5.97 Å². The van der Waals surface area contributed by atoms with E-state index in [-0.39, 0.29) is 25.5 Å². The third-order valence-corrected chi connectivity index (χ3v) is 7.05. The van der Waals surface area contributed by atoms with Gasteiger partial charge in [0.15, 0.2) is 12.4 Å². The van der Waals surface area contributed by atoms with E-state index in [1.165, 1.54) is 0 Å². The largest absolute Gasteiger partial charge is 0.482 e. The molecule has 0 aliphatic carbocycles. The molecule has 216 valence electrons. The molecule has 0 bridgehead atoms. The van der Waals surface area contributed by atoms with Gasteiger partial charge in [-0.15, -0.1) is 0 Å². The molecule has 0 amide bonds. The first-order valence-corrected chi connectivity index (χ1v) is 14.0. The van der Waals surface area contributed by atoms with Gasteiger partial charge in [-0.25, -0.2) is 14.8 Å². The van der Waals surface area contributed by atoms with Gasteiger partial charge in [0.25, 0.3) is 0 Å². The molecule has 0 unspecified atom stereocenters. The molecule has 9 nitrogen and oxygen atoms in total. The molecule has 2 heterocycles. The number of likely N-dealkylation sites (N-methyl/N-ethyl adjacent to an activating group) is 1. The van der Waals surface area contributed by atoms with Crippen molar-refractivity contribution in [3.05, 3.63) is 125 Å². The Bertz CT molecular complexity index is 1830. The average molecular weight is 574 g/mol. The maximum Gasteiger partial charge on any atom is 0.344 e. The second-order valence-electron chi connectivity index (χ2n) is 10.4. The lowest BCUT2D eigenvalue weighted by Crippen LogP contribution is -2.26. The number of hydrogen-bond donors (Lipinski definition) is 2. The number of imidazole rings is 2. The van der Waals surface area contributed by atoms with Gasteiger partial charge in [0.05, 0.1) is 35.2 Å². The Morgan fingerprint density at radius 3 is 2.35 bits per heavy atom. The summed E-state index contributed by atoms with van der Waals surface area (Å²) in [6, 6.07) is 30.3. The van der Waals surface area contributed by atoms with Crippen LogP contribution in [0.3, 0.4) is 0 Å². The highest BCUT2D eigenvalue weighted by Gasteiger charge is 2.15. The molecule has 0 spiro atoms. The van der Waals surface area contributed by atoms with Gasteiger partial charge in [-0.2, -0.15) is 0 Å². The Hall–Kier alpha value is -5.28. The minimum atomic E-state index is -0.460. The maximum absolute atomic E-state index is 12.9. The number of carbonyl (C=O) groups is 2. The molecule has 0 aliphatic rings. The van der Waals surface area contributed by atoms with Crippen LogP contribution in [0.25, 0.3) is 22.1 Å². The molecule has 6 aromatic rings. The Labute approximate surface area is 248 Å². The maximum atomic E-state index is 12.9. The molecule has 0 radical (unpaired) electrons. The zero-order valence-corrected chi connectivity index (χ0v) is 23.7. The van der Waals surface area contributed by atoms with E-state index in [2.05, 4.69) is 16.0 Å². The topological polar surface area (TPSA) is 113 Å². The summed E-state index contributed by atoms with van der Waals surface area (Å²) >= 11 is 0. The van der Waals surface area contributed by atoms with Crippen LogP contribution in [0.2, 0.25) is 0 Å². The number of rotatable bonds is 12. The smallest absolute Gasteiger partial charge is 0.344 e. The van der Waals surface area contributed by atoms with Gasteiger partial charge in [0, 0.05) is 12.0 Å². The fourth-order valence-electron chi connectivity index (χ4n) is 4.94. The van der Waals surface area contributed by atoms with Crippen molar-refractivity contribution in [2.24, 2.45) is 0 Å². The Morgan fingerprint density at radius 2 is 1.53 bits per heavy atom. The third kappa shape index (κ3) is 6.97. The lowest BCUT2D eigenvalue weighted by molar-refractivity contribution is -0.147. The van der Waals surface area contributed by atoms with Crippen molar-refractivity contribution in [3.8, 4) is 5.75 Å². The van der Waals surface area contributed by atoms with Crippen LogP contribution in [0.4, 0.5) is 0 Å². The Morgan fingerprint density at radius 1 is 0.791 bits per heavy atom. The normalized spacial score (nSPS) is 11.3. The number of benzene rings is 4. The Balaban J connectivity index is 1.01. The van der Waals surface area contributed by atoms with Crippen LogP contribution in [-0.4, -0.2) is 56.8 Å². The number of para-hydroxylation sites is 3. The van der Waals surface area contributed by atoms with Gasteiger partial charge in [-0.1, -0.05) is 54.6 Å². The number of nitrogens with one attached hydrogen (secondary N) is 2. The number of ketones is 1. The van der Waals surface area contributed by atoms with Gasteiger partial charge in [-0.05, 0) is 60.6 Å². The summed E-state index contributed by atoms with van der Waals surface area (Å²) in [5.74, 6) is 1.67. The second kappa shape index (κ2) is 12.7. The number of aromatic nitrogens is 4. The minimum absolute atomic E-state index is 0.0296. The zero-order chi connectivity index (χ0) is 29.6. The highest BCUT2D eigenvalue weighted by atomic mass is 16.6. The number of aromatic amines is 2. The molecule has 2 aromatic heterocycles. The fraction of sp³-hybridized carbons (Fsp3) is 0.176. The van der Waals surface area contributed by atoms with Gasteiger partial charge in [0.1, 0.15) is 24.0 Å². The molecule has 0 aliphatic heterocycles. The minimum Gasteiger partial charge on any atom is -0.482 e. The summed E-state index contributed by atoms with van der Waals surface area (Å²) in [5.41, 5.74) is 6.35. The van der Waals surface area contributed by atoms with Crippen molar-refractivity contribution in [1.82, 2.24) is 24.8 Å². The summed E-state index contributed by atoms with van der Waals surface area (Å²) in [4.78, 5) is 43.2. The summed E-state index contributed by atoms with van der Waals surface area (Å²) in [7, 11) is 1.89. The van der Waals surface area contributed by atoms with Crippen LogP contribution in [-0.2, 0) is 29.1 Å². The number of Topliss-reactive ketones (excluding diaryl/α,β-unsaturated/α-hetero) is 1. The van der Waals surface area contributed by atoms with Crippen LogP contribution in [0.5, 0.6) is 5.75 Å². The zero-order valence-electron chi connectivity index (χ0n) is 23.7. The van der Waals surface area contributed by atoms with E-state index in [1.54, 1.807) is 24.3 Å². The lowest BCUT2D eigenvalue weighted by atomic mass is 10.1. The van der Waals surface area contributed by atoms with Crippen LogP contribution >= 0.6 is 0 Å². The van der Waals surface area contributed by atoms with E-state index >= 15 is 0 Å². The quantitative estimate of drug-likeness (QED) is 0.148. The number of carbonyl (C=O) groups excluding carboxylic acids is 2. The summed E-state index contributed by atoms with van der Waals surface area (Å²) in [6.45, 7) is 0.688. The molecule has 6 rings (SSSR count). The number of hydrogen-bond acceptors (Lipinski definition) is 7. The van der Waals surface area contributed by atoms with E-state index in [1.807, 2.05) is 78.7 Å². The van der Waals surface area contributed by atoms with Crippen LogP contribution in [0, 0.1) is 0 Å². The van der Waals surface area contributed by atoms with Crippen LogP contribution in [0.15, 0.2) is 97.1 Å². The predicted octanol–water partition coefficient (Wildman–Crippen LogP) is 5.47. The van der Waals surface area contributed by atoms with Crippen molar-refractivity contribution in [3.63, 3.8) is 0 Å². The lowest BCUT2D eigenvalue weighted by Gasteiger charge is -2.14. The second-order valence-corrected chi connectivity index (χ2v) is 10.4. The molecule has 0 fully saturated rings. The van der Waals surface area contributed by atoms with Crippen molar-refractivity contribution in [2.45, 2.75) is 19.6 Å². The molecule has 0 saturated heterocycles.